The molecule has 0 bridgehead atoms. The van der Waals surface area contributed by atoms with Gasteiger partial charge in [-0.2, -0.15) is 23.3 Å². The lowest BCUT2D eigenvalue weighted by Gasteiger charge is -2.41. The molecule has 2 aromatic rings. The first-order valence-electron chi connectivity index (χ1n) is 8.34. The zero-order valence-corrected chi connectivity index (χ0v) is 15.1. The number of alkyl halides is 3. The van der Waals surface area contributed by atoms with Crippen LogP contribution in [0.5, 0.6) is 0 Å². The highest BCUT2D eigenvalue weighted by atomic mass is 19.4. The lowest BCUT2D eigenvalue weighted by atomic mass is 10.1. The van der Waals surface area contributed by atoms with E-state index in [-0.39, 0.29) is 23.5 Å². The third-order valence-corrected chi connectivity index (χ3v) is 4.61. The maximum absolute atomic E-state index is 13.6. The van der Waals surface area contributed by atoms with Gasteiger partial charge >= 0.3 is 6.18 Å². The van der Waals surface area contributed by atoms with E-state index in [1.807, 2.05) is 0 Å². The zero-order valence-electron chi connectivity index (χ0n) is 15.1. The second-order valence-corrected chi connectivity index (χ2v) is 6.71. The highest BCUT2D eigenvalue weighted by Gasteiger charge is 2.40. The number of nitrogens with zero attached hydrogens (tertiary/aromatic N) is 5. The number of aromatic nitrogens is 4. The molecule has 10 heteroatoms. The minimum Gasteiger partial charge on any atom is -0.372 e. The molecule has 3 N–H and O–H groups in total. The SMILES string of the molecule is CNc1nc(N)nc(-c2cn(C3CN(C(C)C)C3)nc2C)c1C(F)(F)F. The van der Waals surface area contributed by atoms with Gasteiger partial charge in [-0.25, -0.2) is 4.98 Å². The predicted molar refractivity (Wildman–Crippen MR) is 92.7 cm³/mol. The van der Waals surface area contributed by atoms with Crippen LogP contribution in [0.1, 0.15) is 31.1 Å². The Labute approximate surface area is 149 Å². The first-order chi connectivity index (χ1) is 12.1. The van der Waals surface area contributed by atoms with E-state index in [0.29, 0.717) is 17.3 Å². The summed E-state index contributed by atoms with van der Waals surface area (Å²) in [5, 5.41) is 6.87. The van der Waals surface area contributed by atoms with Crippen LogP contribution in [-0.4, -0.2) is 50.8 Å². The summed E-state index contributed by atoms with van der Waals surface area (Å²) in [6.45, 7) is 7.52. The number of likely N-dealkylation sites (tertiary alicyclic amines) is 1. The van der Waals surface area contributed by atoms with E-state index in [1.165, 1.54) is 7.05 Å². The molecule has 0 radical (unpaired) electrons. The summed E-state index contributed by atoms with van der Waals surface area (Å²) < 4.78 is 42.6. The van der Waals surface area contributed by atoms with Gasteiger partial charge in [-0.3, -0.25) is 9.58 Å². The fourth-order valence-corrected chi connectivity index (χ4v) is 3.10. The molecule has 1 aliphatic heterocycles. The highest BCUT2D eigenvalue weighted by Crippen LogP contribution is 2.41. The van der Waals surface area contributed by atoms with Crippen LogP contribution in [0, 0.1) is 6.92 Å². The Bertz CT molecular complexity index is 807. The summed E-state index contributed by atoms with van der Waals surface area (Å²) in [6, 6.07) is 0.571. The Morgan fingerprint density at radius 1 is 1.27 bits per heavy atom. The van der Waals surface area contributed by atoms with Crippen LogP contribution in [0.3, 0.4) is 0 Å². The number of halogens is 3. The van der Waals surface area contributed by atoms with Gasteiger partial charge < -0.3 is 11.1 Å². The second kappa shape index (κ2) is 6.42. The second-order valence-electron chi connectivity index (χ2n) is 6.71. The van der Waals surface area contributed by atoms with Gasteiger partial charge in [0.25, 0.3) is 0 Å². The number of hydrogen-bond acceptors (Lipinski definition) is 6. The molecule has 142 valence electrons. The Morgan fingerprint density at radius 2 is 1.92 bits per heavy atom. The normalized spacial score (nSPS) is 16.2. The molecule has 0 aliphatic carbocycles. The molecule has 1 saturated heterocycles. The lowest BCUT2D eigenvalue weighted by molar-refractivity contribution is -0.136. The Morgan fingerprint density at radius 3 is 2.46 bits per heavy atom. The molecule has 1 aliphatic rings. The Balaban J connectivity index is 2.04. The smallest absolute Gasteiger partial charge is 0.372 e. The first-order valence-corrected chi connectivity index (χ1v) is 8.34. The van der Waals surface area contributed by atoms with Crippen molar-refractivity contribution in [3.63, 3.8) is 0 Å². The summed E-state index contributed by atoms with van der Waals surface area (Å²) in [5.74, 6) is -0.569. The number of nitrogens with one attached hydrogen (secondary N) is 1. The molecule has 0 amide bonds. The van der Waals surface area contributed by atoms with Crippen molar-refractivity contribution >= 4 is 11.8 Å². The van der Waals surface area contributed by atoms with E-state index < -0.39 is 11.7 Å². The van der Waals surface area contributed by atoms with E-state index in [4.69, 9.17) is 5.73 Å². The van der Waals surface area contributed by atoms with Crippen molar-refractivity contribution in [2.24, 2.45) is 0 Å². The van der Waals surface area contributed by atoms with E-state index >= 15 is 0 Å². The van der Waals surface area contributed by atoms with Crippen LogP contribution in [0.4, 0.5) is 24.9 Å². The molecule has 0 atom stereocenters. The van der Waals surface area contributed by atoms with Crippen molar-refractivity contribution in [1.29, 1.82) is 0 Å². The van der Waals surface area contributed by atoms with Gasteiger partial charge in [0.1, 0.15) is 11.4 Å². The number of anilines is 2. The molecule has 0 aromatic carbocycles. The predicted octanol–water partition coefficient (Wildman–Crippen LogP) is 2.56. The summed E-state index contributed by atoms with van der Waals surface area (Å²) >= 11 is 0. The van der Waals surface area contributed by atoms with E-state index in [1.54, 1.807) is 17.8 Å². The Kier molecular flexibility index (Phi) is 4.55. The van der Waals surface area contributed by atoms with Gasteiger partial charge in [-0.05, 0) is 20.8 Å². The lowest BCUT2D eigenvalue weighted by Crippen LogP contribution is -2.51. The molecule has 2 aromatic heterocycles. The molecular weight excluding hydrogens is 347 g/mol. The van der Waals surface area contributed by atoms with Gasteiger partial charge in [0, 0.05) is 37.9 Å². The van der Waals surface area contributed by atoms with E-state index in [9.17, 15) is 13.2 Å². The molecule has 7 nitrogen and oxygen atoms in total. The topological polar surface area (TPSA) is 84.9 Å². The van der Waals surface area contributed by atoms with Gasteiger partial charge in [0.15, 0.2) is 0 Å². The summed E-state index contributed by atoms with van der Waals surface area (Å²) in [5.41, 5.74) is 5.22. The molecule has 3 heterocycles. The van der Waals surface area contributed by atoms with Crippen LogP contribution < -0.4 is 11.1 Å². The Hall–Kier alpha value is -2.36. The van der Waals surface area contributed by atoms with Gasteiger partial charge in [0.05, 0.1) is 17.4 Å². The zero-order chi connectivity index (χ0) is 19.2. The summed E-state index contributed by atoms with van der Waals surface area (Å²) in [6.07, 6.45) is -3.01. The van der Waals surface area contributed by atoms with E-state index in [0.717, 1.165) is 13.1 Å². The van der Waals surface area contributed by atoms with Gasteiger partial charge in [-0.15, -0.1) is 0 Å². The molecule has 3 rings (SSSR count). The van der Waals surface area contributed by atoms with Crippen molar-refractivity contribution in [1.82, 2.24) is 24.6 Å². The third kappa shape index (κ3) is 3.20. The minimum atomic E-state index is -4.62. The van der Waals surface area contributed by atoms with Crippen molar-refractivity contribution in [3.8, 4) is 11.3 Å². The van der Waals surface area contributed by atoms with E-state index in [2.05, 4.69) is 39.1 Å². The van der Waals surface area contributed by atoms with Crippen molar-refractivity contribution in [2.75, 3.05) is 31.2 Å². The van der Waals surface area contributed by atoms with Crippen LogP contribution >= 0.6 is 0 Å². The average molecular weight is 369 g/mol. The number of nitrogen functional groups attached to an aromatic ring is 1. The fourth-order valence-electron chi connectivity index (χ4n) is 3.10. The van der Waals surface area contributed by atoms with Gasteiger partial charge in [-0.1, -0.05) is 0 Å². The average Bonchev–Trinajstić information content (AvgIpc) is 2.84. The monoisotopic (exact) mass is 369 g/mol. The number of aryl methyl sites for hydroxylation is 1. The maximum atomic E-state index is 13.6. The molecule has 0 unspecified atom stereocenters. The molecular formula is C16H22F3N7. The minimum absolute atomic E-state index is 0.141. The molecule has 26 heavy (non-hydrogen) atoms. The van der Waals surface area contributed by atoms with Crippen LogP contribution in [0.25, 0.3) is 11.3 Å². The van der Waals surface area contributed by atoms with Crippen LogP contribution in [0.15, 0.2) is 6.20 Å². The van der Waals surface area contributed by atoms with Gasteiger partial charge in [0.2, 0.25) is 5.95 Å². The number of rotatable bonds is 4. The maximum Gasteiger partial charge on any atom is 0.422 e. The quantitative estimate of drug-likeness (QED) is 0.862. The fraction of sp³-hybridized carbons (Fsp3) is 0.562. The first kappa shape index (κ1) is 18.4. The summed E-state index contributed by atoms with van der Waals surface area (Å²) in [7, 11) is 1.37. The number of hydrogen-bond donors (Lipinski definition) is 2. The van der Waals surface area contributed by atoms with Crippen LogP contribution in [-0.2, 0) is 6.18 Å². The standard InChI is InChI=1S/C16H22F3N7/c1-8(2)25-5-10(6-25)26-7-11(9(3)24-26)13-12(16(17,18)19)14(21-4)23-15(20)22-13/h7-8,10H,5-6H2,1-4H3,(H3,20,21,22,23). The largest absolute Gasteiger partial charge is 0.422 e. The molecule has 0 spiro atoms. The summed E-state index contributed by atoms with van der Waals surface area (Å²) in [4.78, 5) is 9.82. The molecule has 1 fully saturated rings. The van der Waals surface area contributed by atoms with Crippen molar-refractivity contribution < 1.29 is 13.2 Å². The third-order valence-electron chi connectivity index (χ3n) is 4.61. The number of nitrogens with two attached hydrogens (primary N) is 1. The van der Waals surface area contributed by atoms with Crippen molar-refractivity contribution in [3.05, 3.63) is 17.5 Å². The molecule has 0 saturated carbocycles. The van der Waals surface area contributed by atoms with Crippen LogP contribution in [0.2, 0.25) is 0 Å². The van der Waals surface area contributed by atoms with Crippen molar-refractivity contribution in [2.45, 2.75) is 39.0 Å². The highest BCUT2D eigenvalue weighted by molar-refractivity contribution is 5.72.